The molecule has 1 aliphatic rings. The van der Waals surface area contributed by atoms with Crippen LogP contribution in [-0.4, -0.2) is 49.8 Å². The fourth-order valence-corrected chi connectivity index (χ4v) is 4.82. The summed E-state index contributed by atoms with van der Waals surface area (Å²) < 4.78 is 27.9. The molecule has 0 bridgehead atoms. The second kappa shape index (κ2) is 7.13. The number of benzene rings is 1. The summed E-state index contributed by atoms with van der Waals surface area (Å²) in [5, 5.41) is 3.30. The molecule has 0 saturated carbocycles. The van der Waals surface area contributed by atoms with Gasteiger partial charge in [0.15, 0.2) is 0 Å². The second-order valence-electron chi connectivity index (χ2n) is 6.44. The molecule has 0 radical (unpaired) electrons. The summed E-state index contributed by atoms with van der Waals surface area (Å²) in [6.07, 6.45) is 4.28. The average molecular weight is 384 g/mol. The first-order chi connectivity index (χ1) is 13.1. The van der Waals surface area contributed by atoms with E-state index >= 15 is 0 Å². The molecule has 0 amide bonds. The fourth-order valence-electron chi connectivity index (χ4n) is 3.39. The molecule has 27 heavy (non-hydrogen) atoms. The number of hydrogen-bond donors (Lipinski definition) is 1. The number of fused-ring (bicyclic) bond motifs is 1. The Morgan fingerprint density at radius 2 is 1.96 bits per heavy atom. The molecule has 0 spiro atoms. The van der Waals surface area contributed by atoms with Crippen molar-refractivity contribution in [2.75, 3.05) is 31.1 Å². The van der Waals surface area contributed by atoms with E-state index in [1.165, 1.54) is 3.97 Å². The van der Waals surface area contributed by atoms with Gasteiger partial charge < -0.3 is 15.0 Å². The summed E-state index contributed by atoms with van der Waals surface area (Å²) in [5.74, 6) is 0. The molecule has 1 aromatic carbocycles. The lowest BCUT2D eigenvalue weighted by Crippen LogP contribution is -2.43. The highest BCUT2D eigenvalue weighted by atomic mass is 32.2. The maximum atomic E-state index is 13.3. The van der Waals surface area contributed by atoms with Gasteiger partial charge in [0.1, 0.15) is 11.8 Å². The number of hydrogen-bond acceptors (Lipinski definition) is 6. The molecule has 0 unspecified atom stereocenters. The van der Waals surface area contributed by atoms with E-state index in [1.807, 2.05) is 0 Å². The van der Waals surface area contributed by atoms with Gasteiger partial charge in [-0.05, 0) is 29.8 Å². The number of rotatable bonds is 5. The molecule has 2 aromatic heterocycles. The van der Waals surface area contributed by atoms with Crippen molar-refractivity contribution in [2.24, 2.45) is 0 Å². The Labute approximate surface area is 157 Å². The van der Waals surface area contributed by atoms with Crippen LogP contribution in [0.3, 0.4) is 0 Å². The molecular weight excluding hydrogens is 364 g/mol. The van der Waals surface area contributed by atoms with E-state index in [4.69, 9.17) is 0 Å². The number of nitrogens with zero attached hydrogens (tertiary/aromatic N) is 3. The molecular formula is C19H20N4O3S. The SMILES string of the molecule is O=CCc1cccc(S(=O)(=O)n2cc(N3CCNCC3)c3ncccc32)c1. The Kier molecular flexibility index (Phi) is 4.67. The number of carbonyl (C=O) groups excluding carboxylic acids is 1. The maximum absolute atomic E-state index is 13.3. The summed E-state index contributed by atoms with van der Waals surface area (Å²) >= 11 is 0. The number of carbonyl (C=O) groups is 1. The molecule has 0 atom stereocenters. The Bertz CT molecular complexity index is 1090. The van der Waals surface area contributed by atoms with Crippen LogP contribution >= 0.6 is 0 Å². The van der Waals surface area contributed by atoms with Crippen molar-refractivity contribution in [2.45, 2.75) is 11.3 Å². The second-order valence-corrected chi connectivity index (χ2v) is 8.26. The van der Waals surface area contributed by atoms with Crippen molar-refractivity contribution in [1.29, 1.82) is 0 Å². The zero-order valence-corrected chi connectivity index (χ0v) is 15.5. The van der Waals surface area contributed by atoms with Crippen LogP contribution in [0.1, 0.15) is 5.56 Å². The van der Waals surface area contributed by atoms with Crippen LogP contribution in [0.5, 0.6) is 0 Å². The predicted octanol–water partition coefficient (Wildman–Crippen LogP) is 1.42. The average Bonchev–Trinajstić information content (AvgIpc) is 3.10. The quantitative estimate of drug-likeness (QED) is 0.670. The summed E-state index contributed by atoms with van der Waals surface area (Å²) in [4.78, 5) is 17.5. The van der Waals surface area contributed by atoms with Gasteiger partial charge in [-0.25, -0.2) is 12.4 Å². The first kappa shape index (κ1) is 17.7. The highest BCUT2D eigenvalue weighted by molar-refractivity contribution is 7.90. The van der Waals surface area contributed by atoms with Crippen LogP contribution < -0.4 is 10.2 Å². The van der Waals surface area contributed by atoms with Crippen LogP contribution in [0.2, 0.25) is 0 Å². The highest BCUT2D eigenvalue weighted by Crippen LogP contribution is 2.31. The third kappa shape index (κ3) is 3.22. The zero-order valence-electron chi connectivity index (χ0n) is 14.7. The third-order valence-corrected chi connectivity index (χ3v) is 6.41. The molecule has 7 nitrogen and oxygen atoms in total. The van der Waals surface area contributed by atoms with Crippen molar-refractivity contribution in [1.82, 2.24) is 14.3 Å². The maximum Gasteiger partial charge on any atom is 0.268 e. The Hall–Kier alpha value is -2.71. The lowest BCUT2D eigenvalue weighted by molar-refractivity contribution is -0.107. The van der Waals surface area contributed by atoms with Gasteiger partial charge in [-0.2, -0.15) is 0 Å². The molecule has 8 heteroatoms. The standard InChI is InChI=1S/C19H20N4O3S/c24-12-6-15-3-1-4-16(13-15)27(25,26)23-14-18(22-10-8-20-9-11-22)19-17(23)5-2-7-21-19/h1-5,7,12-14,20H,6,8-11H2. The number of aromatic nitrogens is 2. The summed E-state index contributed by atoms with van der Waals surface area (Å²) in [6, 6.07) is 10.0. The number of piperazine rings is 1. The minimum absolute atomic E-state index is 0.162. The summed E-state index contributed by atoms with van der Waals surface area (Å²) in [5.41, 5.74) is 2.71. The van der Waals surface area contributed by atoms with E-state index in [0.717, 1.165) is 38.2 Å². The van der Waals surface area contributed by atoms with Crippen molar-refractivity contribution >= 4 is 33.0 Å². The third-order valence-electron chi connectivity index (χ3n) is 4.74. The van der Waals surface area contributed by atoms with Gasteiger partial charge >= 0.3 is 0 Å². The van der Waals surface area contributed by atoms with Crippen LogP contribution in [0.25, 0.3) is 11.0 Å². The lowest BCUT2D eigenvalue weighted by Gasteiger charge is -2.28. The number of aldehydes is 1. The molecule has 1 N–H and O–H groups in total. The van der Waals surface area contributed by atoms with Crippen LogP contribution in [-0.2, 0) is 21.2 Å². The first-order valence-corrected chi connectivity index (χ1v) is 10.2. The molecule has 1 saturated heterocycles. The van der Waals surface area contributed by atoms with Gasteiger partial charge in [0.25, 0.3) is 10.0 Å². The van der Waals surface area contributed by atoms with Crippen molar-refractivity contribution in [3.8, 4) is 0 Å². The van der Waals surface area contributed by atoms with E-state index in [0.29, 0.717) is 16.6 Å². The van der Waals surface area contributed by atoms with Crippen LogP contribution in [0, 0.1) is 0 Å². The van der Waals surface area contributed by atoms with Crippen molar-refractivity contribution in [3.05, 3.63) is 54.4 Å². The van der Waals surface area contributed by atoms with Gasteiger partial charge in [0.05, 0.1) is 16.1 Å². The molecule has 3 aromatic rings. The zero-order chi connectivity index (χ0) is 18.9. The molecule has 140 valence electrons. The Balaban J connectivity index is 1.85. The first-order valence-electron chi connectivity index (χ1n) is 8.81. The Morgan fingerprint density at radius 3 is 2.74 bits per heavy atom. The Morgan fingerprint density at radius 1 is 1.15 bits per heavy atom. The smallest absolute Gasteiger partial charge is 0.268 e. The fraction of sp³-hybridized carbons (Fsp3) is 0.263. The topological polar surface area (TPSA) is 84.3 Å². The molecule has 3 heterocycles. The number of pyridine rings is 1. The minimum atomic E-state index is -3.81. The minimum Gasteiger partial charge on any atom is -0.366 e. The van der Waals surface area contributed by atoms with Gasteiger partial charge in [-0.15, -0.1) is 0 Å². The summed E-state index contributed by atoms with van der Waals surface area (Å²) in [6.45, 7) is 3.29. The van der Waals surface area contributed by atoms with E-state index in [-0.39, 0.29) is 11.3 Å². The van der Waals surface area contributed by atoms with Gasteiger partial charge in [-0.3, -0.25) is 4.98 Å². The summed E-state index contributed by atoms with van der Waals surface area (Å²) in [7, 11) is -3.81. The molecule has 1 aliphatic heterocycles. The normalized spacial score (nSPS) is 15.2. The van der Waals surface area contributed by atoms with E-state index in [9.17, 15) is 13.2 Å². The van der Waals surface area contributed by atoms with E-state index in [2.05, 4.69) is 15.2 Å². The number of anilines is 1. The van der Waals surface area contributed by atoms with E-state index < -0.39 is 10.0 Å². The number of nitrogens with one attached hydrogen (secondary N) is 1. The molecule has 0 aliphatic carbocycles. The van der Waals surface area contributed by atoms with Crippen LogP contribution in [0.15, 0.2) is 53.7 Å². The van der Waals surface area contributed by atoms with E-state index in [1.54, 1.807) is 48.8 Å². The highest BCUT2D eigenvalue weighted by Gasteiger charge is 2.24. The van der Waals surface area contributed by atoms with Gasteiger partial charge in [0.2, 0.25) is 0 Å². The van der Waals surface area contributed by atoms with Crippen molar-refractivity contribution in [3.63, 3.8) is 0 Å². The van der Waals surface area contributed by atoms with Gasteiger partial charge in [-0.1, -0.05) is 12.1 Å². The monoisotopic (exact) mass is 384 g/mol. The van der Waals surface area contributed by atoms with Gasteiger partial charge in [0, 0.05) is 45.0 Å². The largest absolute Gasteiger partial charge is 0.366 e. The molecule has 4 rings (SSSR count). The van der Waals surface area contributed by atoms with Crippen LogP contribution in [0.4, 0.5) is 5.69 Å². The predicted molar refractivity (Wildman–Crippen MR) is 104 cm³/mol. The lowest BCUT2D eigenvalue weighted by atomic mass is 10.2. The van der Waals surface area contributed by atoms with Crippen molar-refractivity contribution < 1.29 is 13.2 Å². The molecule has 1 fully saturated rings.